The van der Waals surface area contributed by atoms with Crippen molar-refractivity contribution >= 4 is 0 Å². The molecule has 0 aromatic rings. The molecule has 1 heterocycles. The summed E-state index contributed by atoms with van der Waals surface area (Å²) in [6.07, 6.45) is 11.1. The van der Waals surface area contributed by atoms with Crippen LogP contribution in [0.15, 0.2) is 12.7 Å². The Bertz CT molecular complexity index is 164. The zero-order chi connectivity index (χ0) is 10.9. The Morgan fingerprint density at radius 1 is 1.47 bits per heavy atom. The fourth-order valence-corrected chi connectivity index (χ4v) is 2.17. The third-order valence-corrected chi connectivity index (χ3v) is 3.24. The van der Waals surface area contributed by atoms with E-state index in [1.54, 1.807) is 0 Å². The van der Waals surface area contributed by atoms with Gasteiger partial charge in [-0.1, -0.05) is 6.08 Å². The second kappa shape index (κ2) is 7.89. The summed E-state index contributed by atoms with van der Waals surface area (Å²) in [5.41, 5.74) is 0. The van der Waals surface area contributed by atoms with Crippen LogP contribution in [0.2, 0.25) is 0 Å². The van der Waals surface area contributed by atoms with Crippen LogP contribution < -0.4 is 5.32 Å². The Balaban J connectivity index is 2.11. The van der Waals surface area contributed by atoms with Gasteiger partial charge in [0.05, 0.1) is 6.10 Å². The Kier molecular flexibility index (Phi) is 6.69. The van der Waals surface area contributed by atoms with Gasteiger partial charge in [-0.2, -0.15) is 0 Å². The number of allylic oxidation sites excluding steroid dienone is 1. The highest BCUT2D eigenvalue weighted by Gasteiger charge is 2.15. The third-order valence-electron chi connectivity index (χ3n) is 3.24. The SMILES string of the molecule is C=CCCC(CCC1CCCCO1)NC. The molecule has 0 aromatic heterocycles. The van der Waals surface area contributed by atoms with E-state index in [-0.39, 0.29) is 0 Å². The van der Waals surface area contributed by atoms with Crippen molar-refractivity contribution in [3.63, 3.8) is 0 Å². The van der Waals surface area contributed by atoms with Crippen molar-refractivity contribution in [2.24, 2.45) is 0 Å². The summed E-state index contributed by atoms with van der Waals surface area (Å²) in [7, 11) is 2.05. The quantitative estimate of drug-likeness (QED) is 0.654. The first-order valence-electron chi connectivity index (χ1n) is 6.26. The van der Waals surface area contributed by atoms with E-state index >= 15 is 0 Å². The van der Waals surface area contributed by atoms with Crippen molar-refractivity contribution in [2.45, 2.75) is 57.1 Å². The zero-order valence-electron chi connectivity index (χ0n) is 10.0. The van der Waals surface area contributed by atoms with Gasteiger partial charge < -0.3 is 10.1 Å². The van der Waals surface area contributed by atoms with E-state index in [1.807, 2.05) is 6.08 Å². The molecule has 2 atom stereocenters. The van der Waals surface area contributed by atoms with Crippen LogP contribution in [0.4, 0.5) is 0 Å². The summed E-state index contributed by atoms with van der Waals surface area (Å²) in [5, 5.41) is 3.37. The van der Waals surface area contributed by atoms with Crippen molar-refractivity contribution in [1.82, 2.24) is 5.32 Å². The molecule has 1 N–H and O–H groups in total. The third kappa shape index (κ3) is 5.33. The number of rotatable bonds is 7. The average molecular weight is 211 g/mol. The Morgan fingerprint density at radius 3 is 2.93 bits per heavy atom. The monoisotopic (exact) mass is 211 g/mol. The van der Waals surface area contributed by atoms with Gasteiger partial charge in [-0.05, 0) is 52.0 Å². The van der Waals surface area contributed by atoms with Crippen molar-refractivity contribution in [2.75, 3.05) is 13.7 Å². The summed E-state index contributed by atoms with van der Waals surface area (Å²) in [6, 6.07) is 0.633. The first-order chi connectivity index (χ1) is 7.36. The predicted octanol–water partition coefficient (Wildman–Crippen LogP) is 2.89. The molecule has 1 aliphatic heterocycles. The maximum Gasteiger partial charge on any atom is 0.0575 e. The minimum atomic E-state index is 0.526. The topological polar surface area (TPSA) is 21.3 Å². The van der Waals surface area contributed by atoms with Crippen LogP contribution in [0.5, 0.6) is 0 Å². The molecular formula is C13H25NO. The average Bonchev–Trinajstić information content (AvgIpc) is 2.31. The van der Waals surface area contributed by atoms with Crippen molar-refractivity contribution in [1.29, 1.82) is 0 Å². The summed E-state index contributed by atoms with van der Waals surface area (Å²) in [5.74, 6) is 0. The standard InChI is InChI=1S/C13H25NO/c1-3-4-7-12(14-2)9-10-13-8-5-6-11-15-13/h3,12-14H,1,4-11H2,2H3. The van der Waals surface area contributed by atoms with Crippen LogP contribution in [0.3, 0.4) is 0 Å². The van der Waals surface area contributed by atoms with E-state index in [0.717, 1.165) is 13.0 Å². The molecule has 15 heavy (non-hydrogen) atoms. The smallest absolute Gasteiger partial charge is 0.0575 e. The molecule has 1 aliphatic rings. The fraction of sp³-hybridized carbons (Fsp3) is 0.846. The van der Waals surface area contributed by atoms with E-state index in [0.29, 0.717) is 12.1 Å². The molecule has 0 spiro atoms. The van der Waals surface area contributed by atoms with Gasteiger partial charge in [-0.15, -0.1) is 6.58 Å². The van der Waals surface area contributed by atoms with E-state index in [2.05, 4.69) is 18.9 Å². The zero-order valence-corrected chi connectivity index (χ0v) is 10.0. The Hall–Kier alpha value is -0.340. The molecule has 2 nitrogen and oxygen atoms in total. The Morgan fingerprint density at radius 2 is 2.33 bits per heavy atom. The van der Waals surface area contributed by atoms with Crippen LogP contribution in [-0.2, 0) is 4.74 Å². The van der Waals surface area contributed by atoms with Crippen LogP contribution in [-0.4, -0.2) is 25.8 Å². The van der Waals surface area contributed by atoms with Crippen LogP contribution in [0, 0.1) is 0 Å². The fourth-order valence-electron chi connectivity index (χ4n) is 2.17. The lowest BCUT2D eigenvalue weighted by molar-refractivity contribution is 0.00858. The molecule has 0 radical (unpaired) electrons. The molecule has 2 unspecified atom stereocenters. The summed E-state index contributed by atoms with van der Waals surface area (Å²) < 4.78 is 5.73. The van der Waals surface area contributed by atoms with Crippen LogP contribution in [0.25, 0.3) is 0 Å². The molecule has 0 saturated carbocycles. The lowest BCUT2D eigenvalue weighted by atomic mass is 9.99. The molecule has 1 rings (SSSR count). The first-order valence-corrected chi connectivity index (χ1v) is 6.26. The maximum absolute atomic E-state index is 5.73. The minimum Gasteiger partial charge on any atom is -0.378 e. The highest BCUT2D eigenvalue weighted by molar-refractivity contribution is 4.75. The second-order valence-electron chi connectivity index (χ2n) is 4.42. The largest absolute Gasteiger partial charge is 0.378 e. The van der Waals surface area contributed by atoms with Gasteiger partial charge in [0.1, 0.15) is 0 Å². The number of hydrogen-bond donors (Lipinski definition) is 1. The number of ether oxygens (including phenoxy) is 1. The molecule has 0 bridgehead atoms. The lowest BCUT2D eigenvalue weighted by Crippen LogP contribution is -2.28. The predicted molar refractivity (Wildman–Crippen MR) is 65.1 cm³/mol. The van der Waals surface area contributed by atoms with E-state index in [1.165, 1.54) is 38.5 Å². The maximum atomic E-state index is 5.73. The highest BCUT2D eigenvalue weighted by atomic mass is 16.5. The molecular weight excluding hydrogens is 186 g/mol. The second-order valence-corrected chi connectivity index (χ2v) is 4.42. The molecule has 1 saturated heterocycles. The van der Waals surface area contributed by atoms with E-state index < -0.39 is 0 Å². The summed E-state index contributed by atoms with van der Waals surface area (Å²) in [6.45, 7) is 4.74. The number of hydrogen-bond acceptors (Lipinski definition) is 2. The molecule has 88 valence electrons. The van der Waals surface area contributed by atoms with Crippen LogP contribution in [0.1, 0.15) is 44.9 Å². The van der Waals surface area contributed by atoms with Gasteiger partial charge in [0.25, 0.3) is 0 Å². The molecule has 0 aromatic carbocycles. The van der Waals surface area contributed by atoms with Crippen molar-refractivity contribution in [3.05, 3.63) is 12.7 Å². The van der Waals surface area contributed by atoms with Gasteiger partial charge >= 0.3 is 0 Å². The molecule has 1 fully saturated rings. The van der Waals surface area contributed by atoms with E-state index in [9.17, 15) is 0 Å². The summed E-state index contributed by atoms with van der Waals surface area (Å²) in [4.78, 5) is 0. The first kappa shape index (κ1) is 12.7. The van der Waals surface area contributed by atoms with Crippen molar-refractivity contribution < 1.29 is 4.74 Å². The molecule has 2 heteroatoms. The van der Waals surface area contributed by atoms with Gasteiger partial charge in [-0.3, -0.25) is 0 Å². The van der Waals surface area contributed by atoms with Crippen LogP contribution >= 0.6 is 0 Å². The Labute approximate surface area is 94.1 Å². The van der Waals surface area contributed by atoms with E-state index in [4.69, 9.17) is 4.74 Å². The van der Waals surface area contributed by atoms with Gasteiger partial charge in [0.2, 0.25) is 0 Å². The minimum absolute atomic E-state index is 0.526. The van der Waals surface area contributed by atoms with Gasteiger partial charge in [0.15, 0.2) is 0 Å². The normalized spacial score (nSPS) is 23.7. The lowest BCUT2D eigenvalue weighted by Gasteiger charge is -2.24. The summed E-state index contributed by atoms with van der Waals surface area (Å²) >= 11 is 0. The van der Waals surface area contributed by atoms with Gasteiger partial charge in [-0.25, -0.2) is 0 Å². The number of nitrogens with one attached hydrogen (secondary N) is 1. The molecule has 0 aliphatic carbocycles. The highest BCUT2D eigenvalue weighted by Crippen LogP contribution is 2.18. The van der Waals surface area contributed by atoms with Crippen molar-refractivity contribution in [3.8, 4) is 0 Å². The van der Waals surface area contributed by atoms with Gasteiger partial charge in [0, 0.05) is 12.6 Å². The molecule has 0 amide bonds.